The number of hydrogen-bond donors (Lipinski definition) is 1. The highest BCUT2D eigenvalue weighted by Gasteiger charge is 2.42. The van der Waals surface area contributed by atoms with E-state index in [-0.39, 0.29) is 58.0 Å². The SMILES string of the molecule is Br.CC(C)(C)[SiH2]OC(C)(C)C1CCC(N)N1CC(=O)c1ccc(F)cc1. The highest BCUT2D eigenvalue weighted by atomic mass is 79.9. The minimum atomic E-state index is -0.704. The minimum Gasteiger partial charge on any atom is -0.417 e. The Labute approximate surface area is 169 Å². The molecule has 1 aliphatic heterocycles. The van der Waals surface area contributed by atoms with Gasteiger partial charge >= 0.3 is 0 Å². The first-order chi connectivity index (χ1) is 11.5. The number of ketones is 1. The molecule has 1 heterocycles. The lowest BCUT2D eigenvalue weighted by Crippen LogP contribution is -2.54. The lowest BCUT2D eigenvalue weighted by Gasteiger charge is -2.40. The summed E-state index contributed by atoms with van der Waals surface area (Å²) in [5.74, 6) is -0.375. The number of likely N-dealkylation sites (tertiary alicyclic amines) is 1. The van der Waals surface area contributed by atoms with E-state index in [4.69, 9.17) is 10.2 Å². The van der Waals surface area contributed by atoms with E-state index in [9.17, 15) is 9.18 Å². The predicted octanol–water partition coefficient (Wildman–Crippen LogP) is 3.43. The van der Waals surface area contributed by atoms with Crippen LogP contribution in [-0.4, -0.2) is 44.8 Å². The second-order valence-corrected chi connectivity index (χ2v) is 11.4. The van der Waals surface area contributed by atoms with Crippen molar-refractivity contribution in [3.63, 3.8) is 0 Å². The largest absolute Gasteiger partial charge is 0.417 e. The Morgan fingerprint density at radius 1 is 1.23 bits per heavy atom. The fourth-order valence-electron chi connectivity index (χ4n) is 3.26. The summed E-state index contributed by atoms with van der Waals surface area (Å²) in [5, 5.41) is 0.215. The topological polar surface area (TPSA) is 55.6 Å². The average Bonchev–Trinajstić information content (AvgIpc) is 2.87. The average molecular weight is 447 g/mol. The molecule has 0 bridgehead atoms. The van der Waals surface area contributed by atoms with Gasteiger partial charge in [0.2, 0.25) is 0 Å². The van der Waals surface area contributed by atoms with Crippen molar-refractivity contribution < 1.29 is 13.6 Å². The number of benzene rings is 1. The van der Waals surface area contributed by atoms with Crippen LogP contribution in [0.4, 0.5) is 4.39 Å². The maximum absolute atomic E-state index is 13.1. The van der Waals surface area contributed by atoms with E-state index in [2.05, 4.69) is 39.5 Å². The number of rotatable bonds is 6. The predicted molar refractivity (Wildman–Crippen MR) is 112 cm³/mol. The van der Waals surface area contributed by atoms with Gasteiger partial charge in [0.05, 0.1) is 18.3 Å². The van der Waals surface area contributed by atoms with Crippen molar-refractivity contribution in [1.82, 2.24) is 4.90 Å². The Morgan fingerprint density at radius 3 is 2.35 bits per heavy atom. The Balaban J connectivity index is 0.00000338. The molecule has 4 nitrogen and oxygen atoms in total. The number of carbonyl (C=O) groups excluding carboxylic acids is 1. The molecule has 2 atom stereocenters. The van der Waals surface area contributed by atoms with Crippen molar-refractivity contribution in [2.45, 2.75) is 70.3 Å². The standard InChI is InChI=1S/C19H31FN2O2Si.BrH/c1-18(2,3)25-24-19(4,5)16-10-11-17(21)22(16)12-15(23)13-6-8-14(20)9-7-13;/h6-9,16-17H,10-12,21,25H2,1-5H3;1H. The lowest BCUT2D eigenvalue weighted by molar-refractivity contribution is 0.00999. The molecule has 1 aromatic rings. The van der Waals surface area contributed by atoms with Crippen LogP contribution in [0.15, 0.2) is 24.3 Å². The second kappa shape index (κ2) is 9.06. The van der Waals surface area contributed by atoms with Gasteiger partial charge in [0.15, 0.2) is 15.5 Å². The quantitative estimate of drug-likeness (QED) is 0.536. The van der Waals surface area contributed by atoms with Gasteiger partial charge in [-0.15, -0.1) is 17.0 Å². The van der Waals surface area contributed by atoms with E-state index in [1.54, 1.807) is 0 Å². The molecule has 1 fully saturated rings. The maximum atomic E-state index is 13.1. The molecule has 0 aliphatic carbocycles. The molecule has 1 aromatic carbocycles. The van der Waals surface area contributed by atoms with Crippen molar-refractivity contribution in [1.29, 1.82) is 0 Å². The smallest absolute Gasteiger partial charge is 0.176 e. The van der Waals surface area contributed by atoms with Gasteiger partial charge < -0.3 is 10.2 Å². The summed E-state index contributed by atoms with van der Waals surface area (Å²) < 4.78 is 19.4. The third-order valence-corrected chi connectivity index (χ3v) is 6.49. The Bertz CT molecular complexity index is 605. The van der Waals surface area contributed by atoms with Crippen LogP contribution in [0.5, 0.6) is 0 Å². The molecule has 0 radical (unpaired) electrons. The molecule has 0 amide bonds. The second-order valence-electron chi connectivity index (χ2n) is 8.72. The zero-order valence-electron chi connectivity index (χ0n) is 16.4. The van der Waals surface area contributed by atoms with Gasteiger partial charge in [-0.05, 0) is 56.0 Å². The fourth-order valence-corrected chi connectivity index (χ4v) is 4.25. The zero-order chi connectivity index (χ0) is 18.8. The Morgan fingerprint density at radius 2 is 1.81 bits per heavy atom. The van der Waals surface area contributed by atoms with Gasteiger partial charge in [-0.3, -0.25) is 9.69 Å². The van der Waals surface area contributed by atoms with Crippen LogP contribution in [0.3, 0.4) is 0 Å². The van der Waals surface area contributed by atoms with Gasteiger partial charge in [-0.1, -0.05) is 20.8 Å². The number of carbonyl (C=O) groups is 1. The minimum absolute atomic E-state index is 0. The number of nitrogens with zero attached hydrogens (tertiary/aromatic N) is 1. The van der Waals surface area contributed by atoms with Crippen molar-refractivity contribution in [3.05, 3.63) is 35.6 Å². The van der Waals surface area contributed by atoms with Gasteiger partial charge in [0, 0.05) is 11.6 Å². The highest BCUT2D eigenvalue weighted by Crippen LogP contribution is 2.33. The number of hydrogen-bond acceptors (Lipinski definition) is 4. The first kappa shape index (κ1) is 23.4. The van der Waals surface area contributed by atoms with Gasteiger partial charge in [0.1, 0.15) is 5.82 Å². The Hall–Kier alpha value is -0.603. The molecule has 0 spiro atoms. The summed E-state index contributed by atoms with van der Waals surface area (Å²) in [5.41, 5.74) is 6.45. The number of halogens is 2. The van der Waals surface area contributed by atoms with E-state index in [0.29, 0.717) is 5.56 Å². The summed E-state index contributed by atoms with van der Waals surface area (Å²) in [6.45, 7) is 11.0. The summed E-state index contributed by atoms with van der Waals surface area (Å²) in [6.07, 6.45) is 1.63. The zero-order valence-corrected chi connectivity index (χ0v) is 19.5. The van der Waals surface area contributed by atoms with Crippen molar-refractivity contribution in [3.8, 4) is 0 Å². The summed E-state index contributed by atoms with van der Waals surface area (Å²) >= 11 is 0. The summed E-state index contributed by atoms with van der Waals surface area (Å²) in [6, 6.07) is 5.81. The highest BCUT2D eigenvalue weighted by molar-refractivity contribution is 8.93. The monoisotopic (exact) mass is 446 g/mol. The lowest BCUT2D eigenvalue weighted by atomic mass is 9.96. The molecule has 26 heavy (non-hydrogen) atoms. The normalized spacial score (nSPS) is 22.0. The third-order valence-electron chi connectivity index (χ3n) is 4.73. The summed E-state index contributed by atoms with van der Waals surface area (Å²) in [4.78, 5) is 14.7. The van der Waals surface area contributed by atoms with Crippen LogP contribution in [0.1, 0.15) is 57.8 Å². The van der Waals surface area contributed by atoms with Crippen molar-refractivity contribution >= 4 is 32.5 Å². The van der Waals surface area contributed by atoms with Crippen LogP contribution in [0.25, 0.3) is 0 Å². The first-order valence-corrected chi connectivity index (χ1v) is 10.2. The maximum Gasteiger partial charge on any atom is 0.176 e. The molecule has 7 heteroatoms. The van der Waals surface area contributed by atoms with Gasteiger partial charge in [0.25, 0.3) is 0 Å². The molecule has 2 rings (SSSR count). The molecular formula is C19H32BrFN2O2Si. The number of nitrogens with two attached hydrogens (primary N) is 1. The molecule has 148 valence electrons. The van der Waals surface area contributed by atoms with Crippen LogP contribution in [-0.2, 0) is 4.43 Å². The van der Waals surface area contributed by atoms with E-state index in [1.165, 1.54) is 24.3 Å². The van der Waals surface area contributed by atoms with E-state index < -0.39 is 9.76 Å². The Kier molecular flexibility index (Phi) is 8.17. The van der Waals surface area contributed by atoms with E-state index >= 15 is 0 Å². The van der Waals surface area contributed by atoms with Crippen molar-refractivity contribution in [2.75, 3.05) is 6.54 Å². The molecule has 1 aliphatic rings. The van der Waals surface area contributed by atoms with Crippen LogP contribution in [0.2, 0.25) is 5.04 Å². The fraction of sp³-hybridized carbons (Fsp3) is 0.632. The van der Waals surface area contributed by atoms with E-state index in [0.717, 1.165) is 12.8 Å². The molecular weight excluding hydrogens is 415 g/mol. The molecule has 2 unspecified atom stereocenters. The van der Waals surface area contributed by atoms with Crippen LogP contribution < -0.4 is 5.73 Å². The van der Waals surface area contributed by atoms with Gasteiger partial charge in [-0.25, -0.2) is 4.39 Å². The molecule has 0 aromatic heterocycles. The third kappa shape index (κ3) is 6.23. The van der Waals surface area contributed by atoms with Crippen LogP contribution in [0, 0.1) is 5.82 Å². The number of Topliss-reactive ketones (excluding diaryl/α,β-unsaturated/α-hetero) is 1. The molecule has 2 N–H and O–H groups in total. The van der Waals surface area contributed by atoms with Crippen molar-refractivity contribution in [2.24, 2.45) is 5.73 Å². The molecule has 1 saturated heterocycles. The van der Waals surface area contributed by atoms with E-state index in [1.807, 2.05) is 0 Å². The molecule has 0 saturated carbocycles. The van der Waals surface area contributed by atoms with Crippen LogP contribution >= 0.6 is 17.0 Å². The summed E-state index contributed by atoms with van der Waals surface area (Å²) in [7, 11) is -0.704. The first-order valence-electron chi connectivity index (χ1n) is 8.94. The van der Waals surface area contributed by atoms with Gasteiger partial charge in [-0.2, -0.15) is 0 Å².